The van der Waals surface area contributed by atoms with Gasteiger partial charge in [-0.25, -0.2) is 4.39 Å². The Bertz CT molecular complexity index is 393. The maximum absolute atomic E-state index is 14.0. The lowest BCUT2D eigenvalue weighted by atomic mass is 10.2. The summed E-state index contributed by atoms with van der Waals surface area (Å²) in [4.78, 5) is 2.04. The van der Waals surface area contributed by atoms with E-state index in [2.05, 4.69) is 5.32 Å². The maximum Gasteiger partial charge on any atom is 0.146 e. The number of ether oxygens (including phenoxy) is 1. The Kier molecular flexibility index (Phi) is 4.55. The van der Waals surface area contributed by atoms with E-state index in [1.54, 1.807) is 13.2 Å². The lowest BCUT2D eigenvalue weighted by Crippen LogP contribution is -2.21. The topological polar surface area (TPSA) is 24.5 Å². The molecule has 0 radical (unpaired) electrons. The van der Waals surface area contributed by atoms with Crippen molar-refractivity contribution >= 4 is 5.69 Å². The fourth-order valence-corrected chi connectivity index (χ4v) is 2.01. The van der Waals surface area contributed by atoms with E-state index in [0.29, 0.717) is 24.9 Å². The molecule has 100 valence electrons. The predicted molar refractivity (Wildman–Crippen MR) is 71.4 cm³/mol. The number of halogens is 1. The predicted octanol–water partition coefficient (Wildman–Crippen LogP) is 2.16. The molecule has 0 atom stereocenters. The smallest absolute Gasteiger partial charge is 0.146 e. The minimum Gasteiger partial charge on any atom is -0.383 e. The molecule has 0 bridgehead atoms. The minimum atomic E-state index is -0.129. The van der Waals surface area contributed by atoms with Crippen molar-refractivity contribution < 1.29 is 9.13 Å². The van der Waals surface area contributed by atoms with Crippen molar-refractivity contribution in [3.8, 4) is 0 Å². The summed E-state index contributed by atoms with van der Waals surface area (Å²) < 4.78 is 18.9. The van der Waals surface area contributed by atoms with E-state index < -0.39 is 0 Å². The number of hydrogen-bond donors (Lipinski definition) is 1. The zero-order valence-electron chi connectivity index (χ0n) is 11.1. The van der Waals surface area contributed by atoms with Gasteiger partial charge in [-0.3, -0.25) is 0 Å². The maximum atomic E-state index is 14.0. The molecule has 1 aromatic rings. The Morgan fingerprint density at radius 2 is 2.22 bits per heavy atom. The van der Waals surface area contributed by atoms with Gasteiger partial charge in [-0.05, 0) is 30.5 Å². The summed E-state index contributed by atoms with van der Waals surface area (Å²) >= 11 is 0. The summed E-state index contributed by atoms with van der Waals surface area (Å²) in [7, 11) is 3.64. The summed E-state index contributed by atoms with van der Waals surface area (Å²) in [6.45, 7) is 2.13. The van der Waals surface area contributed by atoms with Crippen LogP contribution in [0.25, 0.3) is 0 Å². The van der Waals surface area contributed by atoms with Gasteiger partial charge in [-0.1, -0.05) is 6.07 Å². The fourth-order valence-electron chi connectivity index (χ4n) is 2.01. The molecular formula is C14H21FN2O. The van der Waals surface area contributed by atoms with E-state index in [-0.39, 0.29) is 5.82 Å². The highest BCUT2D eigenvalue weighted by atomic mass is 19.1. The second kappa shape index (κ2) is 6.16. The highest BCUT2D eigenvalue weighted by Gasteiger charge is 2.27. The van der Waals surface area contributed by atoms with Crippen molar-refractivity contribution in [2.45, 2.75) is 25.4 Å². The number of methoxy groups -OCH3 is 1. The summed E-state index contributed by atoms with van der Waals surface area (Å²) in [6, 6.07) is 6.01. The van der Waals surface area contributed by atoms with E-state index >= 15 is 0 Å². The molecule has 18 heavy (non-hydrogen) atoms. The van der Waals surface area contributed by atoms with Crippen LogP contribution in [-0.2, 0) is 11.3 Å². The lowest BCUT2D eigenvalue weighted by Gasteiger charge is -2.19. The van der Waals surface area contributed by atoms with Gasteiger partial charge in [0, 0.05) is 33.3 Å². The molecule has 1 aliphatic rings. The van der Waals surface area contributed by atoms with Gasteiger partial charge in [0.15, 0.2) is 0 Å². The molecule has 1 aromatic carbocycles. The van der Waals surface area contributed by atoms with Crippen molar-refractivity contribution in [2.24, 2.45) is 0 Å². The standard InChI is InChI=1S/C14H21FN2O/c1-17(12-4-5-12)14-6-3-11(9-13(14)15)10-16-7-8-18-2/h3,6,9,12,16H,4-5,7-8,10H2,1-2H3. The van der Waals surface area contributed by atoms with Crippen molar-refractivity contribution in [1.29, 1.82) is 0 Å². The Hall–Kier alpha value is -1.13. The van der Waals surface area contributed by atoms with E-state index in [1.165, 1.54) is 12.8 Å². The largest absolute Gasteiger partial charge is 0.383 e. The van der Waals surface area contributed by atoms with E-state index in [1.807, 2.05) is 24.1 Å². The van der Waals surface area contributed by atoms with E-state index in [0.717, 1.165) is 12.1 Å². The van der Waals surface area contributed by atoms with Gasteiger partial charge >= 0.3 is 0 Å². The number of nitrogens with zero attached hydrogens (tertiary/aromatic N) is 1. The van der Waals surface area contributed by atoms with Gasteiger partial charge in [0.05, 0.1) is 12.3 Å². The first-order chi connectivity index (χ1) is 8.72. The minimum absolute atomic E-state index is 0.129. The molecule has 0 saturated heterocycles. The monoisotopic (exact) mass is 252 g/mol. The molecule has 3 nitrogen and oxygen atoms in total. The highest BCUT2D eigenvalue weighted by molar-refractivity contribution is 5.50. The van der Waals surface area contributed by atoms with Crippen LogP contribution < -0.4 is 10.2 Å². The van der Waals surface area contributed by atoms with Gasteiger partial charge in [0.2, 0.25) is 0 Å². The third-order valence-corrected chi connectivity index (χ3v) is 3.30. The lowest BCUT2D eigenvalue weighted by molar-refractivity contribution is 0.199. The second-order valence-corrected chi connectivity index (χ2v) is 4.80. The van der Waals surface area contributed by atoms with Gasteiger partial charge in [-0.2, -0.15) is 0 Å². The molecule has 1 fully saturated rings. The Balaban J connectivity index is 1.92. The zero-order chi connectivity index (χ0) is 13.0. The second-order valence-electron chi connectivity index (χ2n) is 4.80. The number of hydrogen-bond acceptors (Lipinski definition) is 3. The SMILES string of the molecule is COCCNCc1ccc(N(C)C2CC2)c(F)c1. The Morgan fingerprint density at radius 1 is 1.44 bits per heavy atom. The van der Waals surface area contributed by atoms with Crippen LogP contribution in [0.1, 0.15) is 18.4 Å². The van der Waals surface area contributed by atoms with Gasteiger partial charge in [0.1, 0.15) is 5.82 Å². The molecule has 0 aliphatic heterocycles. The summed E-state index contributed by atoms with van der Waals surface area (Å²) in [5, 5.41) is 3.21. The summed E-state index contributed by atoms with van der Waals surface area (Å²) in [5.41, 5.74) is 1.68. The van der Waals surface area contributed by atoms with Crippen LogP contribution in [0.15, 0.2) is 18.2 Å². The molecule has 4 heteroatoms. The van der Waals surface area contributed by atoms with Crippen molar-refractivity contribution in [3.63, 3.8) is 0 Å². The third kappa shape index (κ3) is 3.43. The van der Waals surface area contributed by atoms with Gasteiger partial charge in [-0.15, -0.1) is 0 Å². The highest BCUT2D eigenvalue weighted by Crippen LogP contribution is 2.31. The van der Waals surface area contributed by atoms with Crippen LogP contribution in [0.3, 0.4) is 0 Å². The Labute approximate surface area is 108 Å². The first-order valence-corrected chi connectivity index (χ1v) is 6.43. The average molecular weight is 252 g/mol. The van der Waals surface area contributed by atoms with Crippen LogP contribution in [0.4, 0.5) is 10.1 Å². The summed E-state index contributed by atoms with van der Waals surface area (Å²) in [6.07, 6.45) is 2.35. The Morgan fingerprint density at radius 3 is 2.83 bits per heavy atom. The number of anilines is 1. The third-order valence-electron chi connectivity index (χ3n) is 3.30. The first kappa shape index (κ1) is 13.3. The fraction of sp³-hybridized carbons (Fsp3) is 0.571. The van der Waals surface area contributed by atoms with Crippen molar-refractivity contribution in [3.05, 3.63) is 29.6 Å². The molecule has 1 saturated carbocycles. The van der Waals surface area contributed by atoms with Crippen LogP contribution in [-0.4, -0.2) is 33.4 Å². The number of rotatable bonds is 7. The molecule has 0 spiro atoms. The average Bonchev–Trinajstić information content (AvgIpc) is 3.18. The van der Waals surface area contributed by atoms with E-state index in [9.17, 15) is 4.39 Å². The molecule has 0 aromatic heterocycles. The summed E-state index contributed by atoms with van der Waals surface area (Å²) in [5.74, 6) is -0.129. The van der Waals surface area contributed by atoms with Gasteiger partial charge < -0.3 is 15.0 Å². The molecule has 0 unspecified atom stereocenters. The molecule has 2 rings (SSSR count). The van der Waals surface area contributed by atoms with Crippen LogP contribution in [0, 0.1) is 5.82 Å². The quantitative estimate of drug-likeness (QED) is 0.753. The molecule has 0 heterocycles. The van der Waals surface area contributed by atoms with Crippen LogP contribution in [0.2, 0.25) is 0 Å². The zero-order valence-corrected chi connectivity index (χ0v) is 11.1. The molecule has 1 N–H and O–H groups in total. The van der Waals surface area contributed by atoms with Crippen molar-refractivity contribution in [1.82, 2.24) is 5.32 Å². The normalized spacial score (nSPS) is 14.8. The van der Waals surface area contributed by atoms with E-state index in [4.69, 9.17) is 4.74 Å². The number of nitrogens with one attached hydrogen (secondary N) is 1. The van der Waals surface area contributed by atoms with Gasteiger partial charge in [0.25, 0.3) is 0 Å². The molecule has 1 aliphatic carbocycles. The molecular weight excluding hydrogens is 231 g/mol. The first-order valence-electron chi connectivity index (χ1n) is 6.43. The molecule has 0 amide bonds. The van der Waals surface area contributed by atoms with Crippen molar-refractivity contribution in [2.75, 3.05) is 32.2 Å². The van der Waals surface area contributed by atoms with Crippen LogP contribution >= 0.6 is 0 Å². The van der Waals surface area contributed by atoms with Crippen LogP contribution in [0.5, 0.6) is 0 Å². The number of benzene rings is 1.